The molecule has 84 valence electrons. The van der Waals surface area contributed by atoms with E-state index >= 15 is 0 Å². The Balaban J connectivity index is 2.41. The molecule has 1 aromatic rings. The highest BCUT2D eigenvalue weighted by Crippen LogP contribution is 2.24. The van der Waals surface area contributed by atoms with Gasteiger partial charge in [0.1, 0.15) is 0 Å². The minimum atomic E-state index is -0.478. The maximum absolute atomic E-state index is 11.8. The van der Waals surface area contributed by atoms with Gasteiger partial charge in [0, 0.05) is 0 Å². The molecule has 1 atom stereocenters. The van der Waals surface area contributed by atoms with Crippen LogP contribution in [0.2, 0.25) is 0 Å². The topological polar surface area (TPSA) is 29.5 Å². The van der Waals surface area contributed by atoms with Crippen LogP contribution >= 0.6 is 12.2 Å². The van der Waals surface area contributed by atoms with Crippen molar-refractivity contribution in [3.63, 3.8) is 0 Å². The Hall–Kier alpha value is -1.42. The number of thiocarbonyl (C=S) groups is 1. The van der Waals surface area contributed by atoms with Crippen LogP contribution in [0.1, 0.15) is 18.1 Å². The third-order valence-corrected chi connectivity index (χ3v) is 3.06. The highest BCUT2D eigenvalue weighted by molar-refractivity contribution is 7.80. The number of hydrogen-bond acceptors (Lipinski definition) is 3. The second-order valence-corrected chi connectivity index (χ2v) is 4.32. The Labute approximate surface area is 100 Å². The minimum Gasteiger partial charge on any atom is -0.457 e. The van der Waals surface area contributed by atoms with Gasteiger partial charge in [-0.15, -0.1) is 0 Å². The van der Waals surface area contributed by atoms with Crippen LogP contribution < -0.4 is 4.90 Å². The van der Waals surface area contributed by atoms with Crippen LogP contribution in [0.25, 0.3) is 0 Å². The van der Waals surface area contributed by atoms with Gasteiger partial charge in [0.2, 0.25) is 0 Å². The number of amides is 1. The molecule has 0 spiro atoms. The average molecular weight is 235 g/mol. The average Bonchev–Trinajstić information content (AvgIpc) is 2.47. The molecule has 4 heteroatoms. The molecule has 1 amide bonds. The smallest absolute Gasteiger partial charge is 0.275 e. The Bertz CT molecular complexity index is 470. The molecule has 0 N–H and O–H groups in total. The number of rotatable bonds is 1. The molecule has 0 radical (unpaired) electrons. The molecule has 1 aliphatic rings. The second-order valence-electron chi connectivity index (χ2n) is 3.97. The van der Waals surface area contributed by atoms with Gasteiger partial charge in [-0.25, -0.2) is 4.90 Å². The monoisotopic (exact) mass is 235 g/mol. The first kappa shape index (κ1) is 11.1. The molecule has 1 aliphatic heterocycles. The molecule has 1 unspecified atom stereocenters. The molecule has 0 aromatic heterocycles. The van der Waals surface area contributed by atoms with Crippen molar-refractivity contribution in [2.45, 2.75) is 26.9 Å². The standard InChI is InChI=1S/C12H13NO2S/c1-7-4-5-10(6-8(7)2)13-11(14)9(3)15-12(13)16/h4-6,9H,1-3H3. The van der Waals surface area contributed by atoms with E-state index in [0.717, 1.165) is 11.3 Å². The van der Waals surface area contributed by atoms with Gasteiger partial charge in [-0.05, 0) is 56.2 Å². The lowest BCUT2D eigenvalue weighted by Gasteiger charge is -2.14. The summed E-state index contributed by atoms with van der Waals surface area (Å²) in [5, 5.41) is 0.237. The van der Waals surface area contributed by atoms with Crippen LogP contribution in [0, 0.1) is 13.8 Å². The fourth-order valence-electron chi connectivity index (χ4n) is 1.62. The van der Waals surface area contributed by atoms with E-state index in [0.29, 0.717) is 0 Å². The van der Waals surface area contributed by atoms with Gasteiger partial charge in [-0.1, -0.05) is 6.07 Å². The lowest BCUT2D eigenvalue weighted by molar-refractivity contribution is -0.121. The van der Waals surface area contributed by atoms with Crippen molar-refractivity contribution in [1.29, 1.82) is 0 Å². The number of anilines is 1. The molecule has 1 aromatic carbocycles. The van der Waals surface area contributed by atoms with Crippen molar-refractivity contribution in [2.24, 2.45) is 0 Å². The normalized spacial score (nSPS) is 20.2. The van der Waals surface area contributed by atoms with E-state index in [1.807, 2.05) is 32.0 Å². The van der Waals surface area contributed by atoms with Crippen LogP contribution in [0.4, 0.5) is 5.69 Å². The van der Waals surface area contributed by atoms with E-state index in [2.05, 4.69) is 0 Å². The summed E-state index contributed by atoms with van der Waals surface area (Å²) in [5.41, 5.74) is 3.10. The summed E-state index contributed by atoms with van der Waals surface area (Å²) >= 11 is 5.04. The van der Waals surface area contributed by atoms with E-state index in [-0.39, 0.29) is 11.1 Å². The third kappa shape index (κ3) is 1.69. The Morgan fingerprint density at radius 2 is 2.00 bits per heavy atom. The van der Waals surface area contributed by atoms with Crippen LogP contribution in [0.5, 0.6) is 0 Å². The second kappa shape index (κ2) is 3.87. The van der Waals surface area contributed by atoms with E-state index in [1.54, 1.807) is 6.92 Å². The zero-order chi connectivity index (χ0) is 11.9. The summed E-state index contributed by atoms with van der Waals surface area (Å²) < 4.78 is 5.22. The van der Waals surface area contributed by atoms with Crippen molar-refractivity contribution in [1.82, 2.24) is 0 Å². The fourth-order valence-corrected chi connectivity index (χ4v) is 1.96. The Morgan fingerprint density at radius 1 is 1.31 bits per heavy atom. The van der Waals surface area contributed by atoms with Crippen molar-refractivity contribution in [3.8, 4) is 0 Å². The zero-order valence-electron chi connectivity index (χ0n) is 9.48. The van der Waals surface area contributed by atoms with E-state index < -0.39 is 6.10 Å². The van der Waals surface area contributed by atoms with E-state index in [1.165, 1.54) is 10.5 Å². The van der Waals surface area contributed by atoms with Crippen molar-refractivity contribution in [2.75, 3.05) is 4.90 Å². The predicted octanol–water partition coefficient (Wildman–Crippen LogP) is 2.34. The first-order chi connectivity index (χ1) is 7.50. The van der Waals surface area contributed by atoms with E-state index in [4.69, 9.17) is 17.0 Å². The number of carbonyl (C=O) groups excluding carboxylic acids is 1. The molecular formula is C12H13NO2S. The lowest BCUT2D eigenvalue weighted by atomic mass is 10.1. The van der Waals surface area contributed by atoms with Gasteiger partial charge < -0.3 is 4.74 Å². The molecule has 16 heavy (non-hydrogen) atoms. The molecule has 0 aliphatic carbocycles. The van der Waals surface area contributed by atoms with Gasteiger partial charge in [0.25, 0.3) is 11.1 Å². The van der Waals surface area contributed by atoms with Crippen LogP contribution in [-0.2, 0) is 9.53 Å². The van der Waals surface area contributed by atoms with Gasteiger partial charge in [0.05, 0.1) is 5.69 Å². The molecule has 0 saturated carbocycles. The molecule has 3 nitrogen and oxygen atoms in total. The van der Waals surface area contributed by atoms with E-state index in [9.17, 15) is 4.79 Å². The fraction of sp³-hybridized carbons (Fsp3) is 0.333. The van der Waals surface area contributed by atoms with Gasteiger partial charge in [-0.2, -0.15) is 0 Å². The number of benzene rings is 1. The van der Waals surface area contributed by atoms with Crippen molar-refractivity contribution in [3.05, 3.63) is 29.3 Å². The molecule has 2 rings (SSSR count). The summed E-state index contributed by atoms with van der Waals surface area (Å²) in [6, 6.07) is 5.80. The highest BCUT2D eigenvalue weighted by atomic mass is 32.1. The minimum absolute atomic E-state index is 0.103. The first-order valence-corrected chi connectivity index (χ1v) is 5.53. The van der Waals surface area contributed by atoms with Crippen LogP contribution in [0.15, 0.2) is 18.2 Å². The number of carbonyl (C=O) groups is 1. The quantitative estimate of drug-likeness (QED) is 0.700. The maximum atomic E-state index is 11.8. The summed E-state index contributed by atoms with van der Waals surface area (Å²) in [6.07, 6.45) is -0.478. The number of ether oxygens (including phenoxy) is 1. The Morgan fingerprint density at radius 3 is 2.50 bits per heavy atom. The molecule has 1 heterocycles. The SMILES string of the molecule is Cc1ccc(N2C(=O)C(C)OC2=S)cc1C. The molecule has 1 fully saturated rings. The van der Waals surface area contributed by atoms with Crippen molar-refractivity contribution < 1.29 is 9.53 Å². The number of hydrogen-bond donors (Lipinski definition) is 0. The van der Waals surface area contributed by atoms with Crippen LogP contribution in [-0.4, -0.2) is 17.2 Å². The highest BCUT2D eigenvalue weighted by Gasteiger charge is 2.35. The third-order valence-electron chi connectivity index (χ3n) is 2.78. The lowest BCUT2D eigenvalue weighted by Crippen LogP contribution is -2.30. The summed E-state index contributed by atoms with van der Waals surface area (Å²) in [5.74, 6) is -0.103. The van der Waals surface area contributed by atoms with Crippen LogP contribution in [0.3, 0.4) is 0 Å². The maximum Gasteiger partial charge on any atom is 0.275 e. The largest absolute Gasteiger partial charge is 0.457 e. The summed E-state index contributed by atoms with van der Waals surface area (Å²) in [6.45, 7) is 5.74. The summed E-state index contributed by atoms with van der Waals surface area (Å²) in [7, 11) is 0. The first-order valence-electron chi connectivity index (χ1n) is 5.12. The van der Waals surface area contributed by atoms with Crippen molar-refractivity contribution >= 4 is 29.0 Å². The van der Waals surface area contributed by atoms with Gasteiger partial charge in [0.15, 0.2) is 6.10 Å². The number of aryl methyl sites for hydroxylation is 2. The number of nitrogens with zero attached hydrogens (tertiary/aromatic N) is 1. The zero-order valence-corrected chi connectivity index (χ0v) is 10.3. The molecule has 1 saturated heterocycles. The molecule has 0 bridgehead atoms. The Kier molecular flexibility index (Phi) is 2.68. The van der Waals surface area contributed by atoms with Gasteiger partial charge >= 0.3 is 0 Å². The summed E-state index contributed by atoms with van der Waals surface area (Å²) in [4.78, 5) is 13.3. The van der Waals surface area contributed by atoms with Gasteiger partial charge in [-0.3, -0.25) is 4.79 Å². The molecular weight excluding hydrogens is 222 g/mol. The predicted molar refractivity (Wildman–Crippen MR) is 66.5 cm³/mol.